The standard InChI is InChI=1S/C6H6O5/c7-4-1-6(9)3(11-4)2-10-5(6)8/h3,9H,1-2H2/t3-,6+/m1/s1. The van der Waals surface area contributed by atoms with E-state index in [2.05, 4.69) is 9.47 Å². The number of carbonyl (C=O) groups excluding carboxylic acids is 2. The minimum absolute atomic E-state index is 0.0267. The van der Waals surface area contributed by atoms with Crippen LogP contribution in [-0.4, -0.2) is 35.4 Å². The lowest BCUT2D eigenvalue weighted by atomic mass is 9.99. The average Bonchev–Trinajstić information content (AvgIpc) is 2.32. The monoisotopic (exact) mass is 158 g/mol. The molecule has 60 valence electrons. The molecular formula is C6H6O5. The van der Waals surface area contributed by atoms with Gasteiger partial charge in [0.05, 0.1) is 6.42 Å². The van der Waals surface area contributed by atoms with E-state index in [1.54, 1.807) is 0 Å². The van der Waals surface area contributed by atoms with Crippen molar-refractivity contribution >= 4 is 11.9 Å². The van der Waals surface area contributed by atoms with Gasteiger partial charge in [0.25, 0.3) is 0 Å². The molecule has 0 aliphatic carbocycles. The molecule has 2 heterocycles. The van der Waals surface area contributed by atoms with Gasteiger partial charge in [-0.2, -0.15) is 0 Å². The zero-order valence-electron chi connectivity index (χ0n) is 5.57. The highest BCUT2D eigenvalue weighted by molar-refractivity contribution is 5.91. The van der Waals surface area contributed by atoms with E-state index in [4.69, 9.17) is 0 Å². The van der Waals surface area contributed by atoms with Gasteiger partial charge >= 0.3 is 11.9 Å². The highest BCUT2D eigenvalue weighted by Crippen LogP contribution is 2.33. The quantitative estimate of drug-likeness (QED) is 0.438. The molecule has 0 spiro atoms. The molecule has 2 atom stereocenters. The van der Waals surface area contributed by atoms with Crippen LogP contribution in [-0.2, 0) is 19.1 Å². The fraction of sp³-hybridized carbons (Fsp3) is 0.667. The van der Waals surface area contributed by atoms with Gasteiger partial charge in [0.2, 0.25) is 5.60 Å². The maximum absolute atomic E-state index is 10.8. The van der Waals surface area contributed by atoms with E-state index in [-0.39, 0.29) is 13.0 Å². The highest BCUT2D eigenvalue weighted by Gasteiger charge is 2.59. The number of hydrogen-bond donors (Lipinski definition) is 1. The first-order valence-corrected chi connectivity index (χ1v) is 3.22. The zero-order valence-corrected chi connectivity index (χ0v) is 5.57. The molecule has 1 N–H and O–H groups in total. The van der Waals surface area contributed by atoms with Gasteiger partial charge in [0, 0.05) is 0 Å². The van der Waals surface area contributed by atoms with Crippen molar-refractivity contribution in [3.63, 3.8) is 0 Å². The molecule has 0 aromatic carbocycles. The van der Waals surface area contributed by atoms with Gasteiger partial charge in [-0.15, -0.1) is 0 Å². The Morgan fingerprint density at radius 3 is 2.91 bits per heavy atom. The largest absolute Gasteiger partial charge is 0.459 e. The Labute approximate surface area is 61.9 Å². The molecule has 2 aliphatic heterocycles. The minimum atomic E-state index is -1.70. The van der Waals surface area contributed by atoms with Crippen LogP contribution in [0.25, 0.3) is 0 Å². The Balaban J connectivity index is 2.33. The summed E-state index contributed by atoms with van der Waals surface area (Å²) in [6.07, 6.45) is -1.07. The van der Waals surface area contributed by atoms with Crippen molar-refractivity contribution < 1.29 is 24.2 Å². The third kappa shape index (κ3) is 0.683. The molecule has 2 fully saturated rings. The van der Waals surface area contributed by atoms with Crippen molar-refractivity contribution in [1.82, 2.24) is 0 Å². The minimum Gasteiger partial charge on any atom is -0.459 e. The second-order valence-electron chi connectivity index (χ2n) is 2.68. The Hall–Kier alpha value is -1.10. The summed E-state index contributed by atoms with van der Waals surface area (Å²) in [5.41, 5.74) is -1.70. The van der Waals surface area contributed by atoms with Crippen LogP contribution in [0.2, 0.25) is 0 Å². The van der Waals surface area contributed by atoms with E-state index in [9.17, 15) is 14.7 Å². The van der Waals surface area contributed by atoms with Crippen molar-refractivity contribution in [2.45, 2.75) is 18.1 Å². The van der Waals surface area contributed by atoms with Gasteiger partial charge in [-0.1, -0.05) is 0 Å². The third-order valence-electron chi connectivity index (χ3n) is 1.94. The SMILES string of the molecule is O=C1C[C@@]2(O)C(=O)OC[C@H]2O1. The lowest BCUT2D eigenvalue weighted by Gasteiger charge is -2.11. The zero-order chi connectivity index (χ0) is 8.06. The number of hydrogen-bond acceptors (Lipinski definition) is 5. The molecule has 0 amide bonds. The molecule has 0 saturated carbocycles. The Bertz CT molecular complexity index is 235. The van der Waals surface area contributed by atoms with Crippen LogP contribution in [0.1, 0.15) is 6.42 Å². The van der Waals surface area contributed by atoms with E-state index in [0.717, 1.165) is 0 Å². The highest BCUT2D eigenvalue weighted by atomic mass is 16.6. The van der Waals surface area contributed by atoms with Gasteiger partial charge in [-0.25, -0.2) is 4.79 Å². The number of aliphatic hydroxyl groups is 1. The van der Waals surface area contributed by atoms with E-state index in [1.807, 2.05) is 0 Å². The van der Waals surface area contributed by atoms with Gasteiger partial charge in [-0.05, 0) is 0 Å². The van der Waals surface area contributed by atoms with Crippen molar-refractivity contribution in [2.75, 3.05) is 6.61 Å². The lowest BCUT2D eigenvalue weighted by Crippen LogP contribution is -2.40. The molecule has 0 unspecified atom stereocenters. The topological polar surface area (TPSA) is 72.8 Å². The number of ether oxygens (including phenoxy) is 2. The van der Waals surface area contributed by atoms with Gasteiger partial charge in [0.1, 0.15) is 6.61 Å². The maximum atomic E-state index is 10.8. The molecule has 0 aromatic rings. The predicted octanol–water partition coefficient (Wildman–Crippen LogP) is -1.41. The first kappa shape index (κ1) is 6.60. The summed E-state index contributed by atoms with van der Waals surface area (Å²) in [7, 11) is 0. The van der Waals surface area contributed by atoms with Gasteiger partial charge in [-0.3, -0.25) is 4.79 Å². The summed E-state index contributed by atoms with van der Waals surface area (Å²) < 4.78 is 9.13. The molecule has 2 saturated heterocycles. The Morgan fingerprint density at radius 2 is 2.27 bits per heavy atom. The molecule has 5 heteroatoms. The molecule has 0 radical (unpaired) electrons. The second-order valence-corrected chi connectivity index (χ2v) is 2.68. The maximum Gasteiger partial charge on any atom is 0.342 e. The molecular weight excluding hydrogens is 152 g/mol. The summed E-state index contributed by atoms with van der Waals surface area (Å²) in [6, 6.07) is 0. The second kappa shape index (κ2) is 1.73. The molecule has 5 nitrogen and oxygen atoms in total. The number of fused-ring (bicyclic) bond motifs is 1. The first-order valence-electron chi connectivity index (χ1n) is 3.22. The summed E-state index contributed by atoms with van der Waals surface area (Å²) >= 11 is 0. The Morgan fingerprint density at radius 1 is 1.55 bits per heavy atom. The van der Waals surface area contributed by atoms with Crippen LogP contribution < -0.4 is 0 Å². The molecule has 2 rings (SSSR count). The summed E-state index contributed by atoms with van der Waals surface area (Å²) in [5, 5.41) is 9.45. The van der Waals surface area contributed by atoms with Crippen molar-refractivity contribution in [2.24, 2.45) is 0 Å². The summed E-state index contributed by atoms with van der Waals surface area (Å²) in [5.74, 6) is -1.30. The molecule has 11 heavy (non-hydrogen) atoms. The first-order chi connectivity index (χ1) is 5.13. The molecule has 0 bridgehead atoms. The number of esters is 2. The van der Waals surface area contributed by atoms with Crippen LogP contribution >= 0.6 is 0 Å². The fourth-order valence-electron chi connectivity index (χ4n) is 1.28. The van der Waals surface area contributed by atoms with Crippen molar-refractivity contribution in [1.29, 1.82) is 0 Å². The van der Waals surface area contributed by atoms with E-state index >= 15 is 0 Å². The van der Waals surface area contributed by atoms with Crippen LogP contribution in [0.15, 0.2) is 0 Å². The summed E-state index contributed by atoms with van der Waals surface area (Å²) in [4.78, 5) is 21.4. The predicted molar refractivity (Wildman–Crippen MR) is 30.4 cm³/mol. The fourth-order valence-corrected chi connectivity index (χ4v) is 1.28. The van der Waals surface area contributed by atoms with Gasteiger partial charge in [0.15, 0.2) is 6.10 Å². The van der Waals surface area contributed by atoms with E-state index in [0.29, 0.717) is 0 Å². The van der Waals surface area contributed by atoms with Crippen molar-refractivity contribution in [3.05, 3.63) is 0 Å². The normalized spacial score (nSPS) is 41.7. The lowest BCUT2D eigenvalue weighted by molar-refractivity contribution is -0.154. The van der Waals surface area contributed by atoms with Crippen LogP contribution in [0.3, 0.4) is 0 Å². The molecule has 2 aliphatic rings. The molecule has 0 aromatic heterocycles. The average molecular weight is 158 g/mol. The third-order valence-corrected chi connectivity index (χ3v) is 1.94. The van der Waals surface area contributed by atoms with Crippen LogP contribution in [0.4, 0.5) is 0 Å². The summed E-state index contributed by atoms with van der Waals surface area (Å²) in [6.45, 7) is -0.0267. The van der Waals surface area contributed by atoms with E-state index < -0.39 is 23.6 Å². The van der Waals surface area contributed by atoms with Gasteiger partial charge < -0.3 is 14.6 Å². The van der Waals surface area contributed by atoms with E-state index in [1.165, 1.54) is 0 Å². The van der Waals surface area contributed by atoms with Crippen molar-refractivity contribution in [3.8, 4) is 0 Å². The smallest absolute Gasteiger partial charge is 0.342 e. The number of rotatable bonds is 0. The number of carbonyl (C=O) groups is 2. The number of cyclic esters (lactones) is 1. The van der Waals surface area contributed by atoms with Crippen LogP contribution in [0.5, 0.6) is 0 Å². The Kier molecular flexibility index (Phi) is 1.04. The van der Waals surface area contributed by atoms with Crippen LogP contribution in [0, 0.1) is 0 Å².